The van der Waals surface area contributed by atoms with Gasteiger partial charge in [-0.25, -0.2) is 0 Å². The normalized spacial score (nSPS) is 22.0. The van der Waals surface area contributed by atoms with Crippen LogP contribution in [0.4, 0.5) is 5.69 Å². The molecule has 0 aliphatic carbocycles. The van der Waals surface area contributed by atoms with E-state index in [1.54, 1.807) is 6.92 Å². The molecule has 1 aromatic carbocycles. The summed E-state index contributed by atoms with van der Waals surface area (Å²) in [5.41, 5.74) is 3.69. The van der Waals surface area contributed by atoms with Crippen molar-refractivity contribution in [3.05, 3.63) is 23.3 Å². The molecular formula is C17H25N3O2. The van der Waals surface area contributed by atoms with Crippen LogP contribution in [0.15, 0.2) is 12.1 Å². The summed E-state index contributed by atoms with van der Waals surface area (Å²) < 4.78 is 5.97. The lowest BCUT2D eigenvalue weighted by Crippen LogP contribution is -2.46. The molecule has 1 atom stereocenters. The zero-order valence-corrected chi connectivity index (χ0v) is 13.7. The zero-order chi connectivity index (χ0) is 15.7. The number of hydrogen-bond donors (Lipinski definition) is 1. The van der Waals surface area contributed by atoms with Gasteiger partial charge < -0.3 is 19.9 Å². The Morgan fingerprint density at radius 3 is 2.68 bits per heavy atom. The van der Waals surface area contributed by atoms with Crippen molar-refractivity contribution < 1.29 is 9.53 Å². The summed E-state index contributed by atoms with van der Waals surface area (Å²) in [6, 6.07) is 4.42. The van der Waals surface area contributed by atoms with Crippen molar-refractivity contribution >= 4 is 11.6 Å². The molecule has 5 heteroatoms. The summed E-state index contributed by atoms with van der Waals surface area (Å²) in [6.45, 7) is 8.45. The number of fused-ring (bicyclic) bond motifs is 1. The first-order valence-electron chi connectivity index (χ1n) is 8.00. The molecule has 2 aliphatic heterocycles. The summed E-state index contributed by atoms with van der Waals surface area (Å²) in [5, 5.41) is 2.99. The highest BCUT2D eigenvalue weighted by atomic mass is 16.5. The zero-order valence-electron chi connectivity index (χ0n) is 13.7. The molecule has 0 bridgehead atoms. The summed E-state index contributed by atoms with van der Waals surface area (Å²) in [4.78, 5) is 16.1. The van der Waals surface area contributed by atoms with E-state index in [0.29, 0.717) is 6.61 Å². The smallest absolute Gasteiger partial charge is 0.217 e. The molecule has 1 saturated heterocycles. The first-order chi connectivity index (χ1) is 10.5. The molecule has 5 nitrogen and oxygen atoms in total. The monoisotopic (exact) mass is 303 g/mol. The molecule has 1 fully saturated rings. The van der Waals surface area contributed by atoms with Gasteiger partial charge in [0.25, 0.3) is 0 Å². The number of benzene rings is 1. The van der Waals surface area contributed by atoms with Crippen molar-refractivity contribution in [2.75, 3.05) is 44.7 Å². The molecule has 0 spiro atoms. The topological polar surface area (TPSA) is 44.8 Å². The first kappa shape index (κ1) is 15.2. The van der Waals surface area contributed by atoms with Gasteiger partial charge in [-0.2, -0.15) is 0 Å². The van der Waals surface area contributed by atoms with Crippen LogP contribution >= 0.6 is 0 Å². The minimum atomic E-state index is 0.00542. The van der Waals surface area contributed by atoms with Crippen LogP contribution in [-0.4, -0.2) is 56.7 Å². The highest BCUT2D eigenvalue weighted by molar-refractivity contribution is 5.73. The molecule has 1 amide bonds. The van der Waals surface area contributed by atoms with Gasteiger partial charge >= 0.3 is 0 Å². The third-order valence-corrected chi connectivity index (χ3v) is 4.56. The van der Waals surface area contributed by atoms with Crippen LogP contribution in [0, 0.1) is 6.92 Å². The molecule has 120 valence electrons. The minimum absolute atomic E-state index is 0.00542. The fourth-order valence-electron chi connectivity index (χ4n) is 3.35. The van der Waals surface area contributed by atoms with Crippen LogP contribution in [0.1, 0.15) is 18.1 Å². The second-order valence-corrected chi connectivity index (χ2v) is 6.41. The average molecular weight is 303 g/mol. The van der Waals surface area contributed by atoms with Gasteiger partial charge in [0.1, 0.15) is 12.4 Å². The number of likely N-dealkylation sites (N-methyl/N-ethyl adjacent to an activating group) is 1. The number of amides is 1. The molecule has 2 aliphatic rings. The van der Waals surface area contributed by atoms with Crippen LogP contribution in [0.25, 0.3) is 0 Å². The molecule has 0 aromatic heterocycles. The Kier molecular flexibility index (Phi) is 4.25. The lowest BCUT2D eigenvalue weighted by molar-refractivity contribution is -0.119. The SMILES string of the molecule is CC(=O)NC1COc2c(C)ccc(N3CCN(C)CC3)c2C1. The number of nitrogens with zero attached hydrogens (tertiary/aromatic N) is 2. The van der Waals surface area contributed by atoms with E-state index in [9.17, 15) is 4.79 Å². The van der Waals surface area contributed by atoms with E-state index in [4.69, 9.17) is 4.74 Å². The molecule has 0 radical (unpaired) electrons. The highest BCUT2D eigenvalue weighted by Gasteiger charge is 2.27. The van der Waals surface area contributed by atoms with Gasteiger partial charge in [-0.15, -0.1) is 0 Å². The van der Waals surface area contributed by atoms with E-state index >= 15 is 0 Å². The first-order valence-corrected chi connectivity index (χ1v) is 8.00. The largest absolute Gasteiger partial charge is 0.491 e. The van der Waals surface area contributed by atoms with Crippen molar-refractivity contribution in [3.8, 4) is 5.75 Å². The van der Waals surface area contributed by atoms with Crippen LogP contribution in [0.2, 0.25) is 0 Å². The highest BCUT2D eigenvalue weighted by Crippen LogP contribution is 2.36. The number of anilines is 1. The Balaban J connectivity index is 1.87. The Bertz CT molecular complexity index is 565. The van der Waals surface area contributed by atoms with Crippen LogP contribution in [-0.2, 0) is 11.2 Å². The number of hydrogen-bond acceptors (Lipinski definition) is 4. The number of ether oxygens (including phenoxy) is 1. The molecule has 2 heterocycles. The van der Waals surface area contributed by atoms with Crippen molar-refractivity contribution in [2.45, 2.75) is 26.3 Å². The third-order valence-electron chi connectivity index (χ3n) is 4.56. The van der Waals surface area contributed by atoms with E-state index in [1.807, 2.05) is 0 Å². The maximum absolute atomic E-state index is 11.3. The van der Waals surface area contributed by atoms with E-state index < -0.39 is 0 Å². The molecule has 22 heavy (non-hydrogen) atoms. The maximum Gasteiger partial charge on any atom is 0.217 e. The van der Waals surface area contributed by atoms with E-state index in [2.05, 4.69) is 41.2 Å². The van der Waals surface area contributed by atoms with Gasteiger partial charge in [-0.05, 0) is 25.6 Å². The molecule has 1 unspecified atom stereocenters. The third kappa shape index (κ3) is 3.04. The van der Waals surface area contributed by atoms with E-state index in [0.717, 1.165) is 38.3 Å². The lowest BCUT2D eigenvalue weighted by Gasteiger charge is -2.37. The standard InChI is InChI=1S/C17H25N3O2/c1-12-4-5-16(20-8-6-19(3)7-9-20)15-10-14(18-13(2)21)11-22-17(12)15/h4-5,14H,6-11H2,1-3H3,(H,18,21). The summed E-state index contributed by atoms with van der Waals surface area (Å²) in [5.74, 6) is 1.02. The maximum atomic E-state index is 11.3. The minimum Gasteiger partial charge on any atom is -0.491 e. The Labute approximate surface area is 132 Å². The summed E-state index contributed by atoms with van der Waals surface area (Å²) in [6.07, 6.45) is 0.846. The fourth-order valence-corrected chi connectivity index (χ4v) is 3.35. The Morgan fingerprint density at radius 2 is 2.00 bits per heavy atom. The predicted molar refractivity (Wildman–Crippen MR) is 87.7 cm³/mol. The van der Waals surface area contributed by atoms with Crippen molar-refractivity contribution in [2.24, 2.45) is 0 Å². The predicted octanol–water partition coefficient (Wildman–Crippen LogP) is 1.19. The van der Waals surface area contributed by atoms with Gasteiger partial charge in [0.2, 0.25) is 5.91 Å². The lowest BCUT2D eigenvalue weighted by atomic mass is 9.97. The molecule has 1 aromatic rings. The second kappa shape index (κ2) is 6.16. The fraction of sp³-hybridized carbons (Fsp3) is 0.588. The average Bonchev–Trinajstić information content (AvgIpc) is 2.48. The molecule has 1 N–H and O–H groups in total. The molecule has 3 rings (SSSR count). The molecular weight excluding hydrogens is 278 g/mol. The molecule has 0 saturated carbocycles. The van der Waals surface area contributed by atoms with Crippen molar-refractivity contribution in [1.29, 1.82) is 0 Å². The number of rotatable bonds is 2. The Morgan fingerprint density at radius 1 is 1.27 bits per heavy atom. The van der Waals surface area contributed by atoms with Crippen LogP contribution in [0.3, 0.4) is 0 Å². The number of carbonyl (C=O) groups is 1. The van der Waals surface area contributed by atoms with Crippen LogP contribution in [0.5, 0.6) is 5.75 Å². The van der Waals surface area contributed by atoms with Crippen molar-refractivity contribution in [1.82, 2.24) is 10.2 Å². The summed E-state index contributed by atoms with van der Waals surface area (Å²) >= 11 is 0. The van der Waals surface area contributed by atoms with Gasteiger partial charge in [-0.3, -0.25) is 4.79 Å². The number of piperazine rings is 1. The number of nitrogens with one attached hydrogen (secondary N) is 1. The van der Waals surface area contributed by atoms with E-state index in [-0.39, 0.29) is 11.9 Å². The van der Waals surface area contributed by atoms with Crippen LogP contribution < -0.4 is 15.0 Å². The van der Waals surface area contributed by atoms with Crippen molar-refractivity contribution in [3.63, 3.8) is 0 Å². The number of carbonyl (C=O) groups excluding carboxylic acids is 1. The number of aryl methyl sites for hydroxylation is 1. The Hall–Kier alpha value is -1.75. The van der Waals surface area contributed by atoms with Gasteiger partial charge in [-0.1, -0.05) is 6.07 Å². The van der Waals surface area contributed by atoms with Gasteiger partial charge in [0, 0.05) is 50.8 Å². The van der Waals surface area contributed by atoms with E-state index in [1.165, 1.54) is 16.8 Å². The second-order valence-electron chi connectivity index (χ2n) is 6.41. The van der Waals surface area contributed by atoms with Gasteiger partial charge in [0.15, 0.2) is 0 Å². The quantitative estimate of drug-likeness (QED) is 0.891. The summed E-state index contributed by atoms with van der Waals surface area (Å²) in [7, 11) is 2.16. The van der Waals surface area contributed by atoms with Gasteiger partial charge in [0.05, 0.1) is 6.04 Å².